The Balaban J connectivity index is 1.53. The number of carbonyl (C=O) groups excluding carboxylic acids is 2. The van der Waals surface area contributed by atoms with Crippen molar-refractivity contribution < 1.29 is 14.3 Å². The van der Waals surface area contributed by atoms with Crippen LogP contribution in [0.5, 0.6) is 0 Å². The molecule has 1 N–H and O–H groups in total. The minimum absolute atomic E-state index is 0.0243. The van der Waals surface area contributed by atoms with Crippen LogP contribution < -0.4 is 5.32 Å². The fraction of sp³-hybridized carbons (Fsp3) is 0.500. The number of ether oxygens (including phenoxy) is 1. The van der Waals surface area contributed by atoms with Gasteiger partial charge in [-0.05, 0) is 24.5 Å². The third kappa shape index (κ3) is 5.79. The van der Waals surface area contributed by atoms with Gasteiger partial charge >= 0.3 is 6.09 Å². The van der Waals surface area contributed by atoms with Crippen LogP contribution in [0.25, 0.3) is 0 Å². The Bertz CT molecular complexity index is 822. The van der Waals surface area contributed by atoms with Crippen molar-refractivity contribution in [3.63, 3.8) is 0 Å². The first-order valence-corrected chi connectivity index (χ1v) is 11.2. The van der Waals surface area contributed by atoms with Crippen molar-refractivity contribution in [3.05, 3.63) is 46.5 Å². The highest BCUT2D eigenvalue weighted by Crippen LogP contribution is 2.29. The number of nitrogens with one attached hydrogen (secondary N) is 1. The normalized spacial score (nSPS) is 14.2. The summed E-state index contributed by atoms with van der Waals surface area (Å²) in [7, 11) is 0. The number of thiazole rings is 1. The zero-order valence-electron chi connectivity index (χ0n) is 17.1. The molecule has 1 aromatic carbocycles. The molecular formula is C22H29N3O3S. The third-order valence-electron chi connectivity index (χ3n) is 5.24. The lowest BCUT2D eigenvalue weighted by Gasteiger charge is -2.26. The van der Waals surface area contributed by atoms with E-state index >= 15 is 0 Å². The van der Waals surface area contributed by atoms with Gasteiger partial charge in [-0.25, -0.2) is 9.78 Å². The van der Waals surface area contributed by atoms with Crippen molar-refractivity contribution in [1.82, 2.24) is 9.88 Å². The van der Waals surface area contributed by atoms with Crippen LogP contribution in [0.1, 0.15) is 60.5 Å². The van der Waals surface area contributed by atoms with Gasteiger partial charge < -0.3 is 9.64 Å². The number of unbranched alkanes of at least 4 members (excludes halogenated alkanes) is 1. The number of aromatic nitrogens is 1. The third-order valence-corrected chi connectivity index (χ3v) is 6.24. The van der Waals surface area contributed by atoms with Crippen LogP contribution in [0, 0.1) is 5.92 Å². The summed E-state index contributed by atoms with van der Waals surface area (Å²) in [6.07, 6.45) is 4.62. The molecule has 0 spiro atoms. The summed E-state index contributed by atoms with van der Waals surface area (Å²) < 4.78 is 5.40. The van der Waals surface area contributed by atoms with E-state index in [9.17, 15) is 9.59 Å². The maximum absolute atomic E-state index is 12.7. The first-order chi connectivity index (χ1) is 14.1. The van der Waals surface area contributed by atoms with Gasteiger partial charge in [0.2, 0.25) is 0 Å². The zero-order chi connectivity index (χ0) is 20.6. The van der Waals surface area contributed by atoms with Gasteiger partial charge in [0.1, 0.15) is 0 Å². The molecule has 1 aromatic heterocycles. The topological polar surface area (TPSA) is 71.5 Å². The highest BCUT2D eigenvalue weighted by Gasteiger charge is 2.25. The largest absolute Gasteiger partial charge is 0.449 e. The Hall–Kier alpha value is -2.41. The molecule has 6 nitrogen and oxygen atoms in total. The molecule has 0 fully saturated rings. The standard InChI is InChI=1S/C22H29N3O3S/c1-3-5-9-16(4-2)15-28-22(27)24-21-23-18-12-13-25(14-19(18)29-21)20(26)17-10-7-6-8-11-17/h6-8,10-11,16H,3-5,9,12-15H2,1-2H3,(H,23,24,27). The number of rotatable bonds is 8. The molecule has 1 aliphatic rings. The average molecular weight is 416 g/mol. The first-order valence-electron chi connectivity index (χ1n) is 10.4. The number of carbonyl (C=O) groups is 2. The van der Waals surface area contributed by atoms with Gasteiger partial charge in [0.05, 0.1) is 18.8 Å². The van der Waals surface area contributed by atoms with E-state index in [2.05, 4.69) is 24.1 Å². The molecule has 1 unspecified atom stereocenters. The number of anilines is 1. The second kappa shape index (κ2) is 10.4. The predicted octanol–water partition coefficient (Wildman–Crippen LogP) is 5.11. The van der Waals surface area contributed by atoms with Crippen molar-refractivity contribution in [2.45, 2.75) is 52.5 Å². The van der Waals surface area contributed by atoms with Crippen molar-refractivity contribution in [1.29, 1.82) is 0 Å². The summed E-state index contributed by atoms with van der Waals surface area (Å²) in [6, 6.07) is 9.30. The van der Waals surface area contributed by atoms with Crippen LogP contribution in [0.3, 0.4) is 0 Å². The number of hydrogen-bond donors (Lipinski definition) is 1. The maximum atomic E-state index is 12.7. The highest BCUT2D eigenvalue weighted by atomic mass is 32.1. The fourth-order valence-electron chi connectivity index (χ4n) is 3.40. The molecule has 2 heterocycles. The summed E-state index contributed by atoms with van der Waals surface area (Å²) in [5.41, 5.74) is 1.65. The predicted molar refractivity (Wildman–Crippen MR) is 115 cm³/mol. The first kappa shape index (κ1) is 21.3. The fourth-order valence-corrected chi connectivity index (χ4v) is 4.41. The van der Waals surface area contributed by atoms with Gasteiger partial charge in [-0.3, -0.25) is 10.1 Å². The van der Waals surface area contributed by atoms with E-state index in [1.807, 2.05) is 35.2 Å². The molecule has 3 rings (SSSR count). The SMILES string of the molecule is CCCCC(CC)COC(=O)Nc1nc2c(s1)CN(C(=O)c1ccccc1)CC2. The van der Waals surface area contributed by atoms with Gasteiger partial charge in [0.25, 0.3) is 5.91 Å². The summed E-state index contributed by atoms with van der Waals surface area (Å²) in [4.78, 5) is 32.2. The Kier molecular flexibility index (Phi) is 7.63. The van der Waals surface area contributed by atoms with Crippen LogP contribution >= 0.6 is 11.3 Å². The van der Waals surface area contributed by atoms with Crippen LogP contribution in [-0.4, -0.2) is 35.0 Å². The van der Waals surface area contributed by atoms with E-state index in [0.29, 0.717) is 42.7 Å². The van der Waals surface area contributed by atoms with E-state index in [0.717, 1.165) is 36.3 Å². The number of fused-ring (bicyclic) bond motifs is 1. The summed E-state index contributed by atoms with van der Waals surface area (Å²) in [6.45, 7) is 5.88. The molecule has 29 heavy (non-hydrogen) atoms. The van der Waals surface area contributed by atoms with E-state index in [1.54, 1.807) is 0 Å². The van der Waals surface area contributed by atoms with Crippen LogP contribution in [0.4, 0.5) is 9.93 Å². The van der Waals surface area contributed by atoms with Gasteiger partial charge in [-0.15, -0.1) is 0 Å². The second-order valence-electron chi connectivity index (χ2n) is 7.37. The average Bonchev–Trinajstić information content (AvgIpc) is 3.15. The highest BCUT2D eigenvalue weighted by molar-refractivity contribution is 7.15. The summed E-state index contributed by atoms with van der Waals surface area (Å²) in [5, 5.41) is 3.29. The summed E-state index contributed by atoms with van der Waals surface area (Å²) >= 11 is 1.42. The van der Waals surface area contributed by atoms with Gasteiger partial charge in [-0.1, -0.05) is 62.6 Å². The van der Waals surface area contributed by atoms with E-state index in [4.69, 9.17) is 4.74 Å². The second-order valence-corrected chi connectivity index (χ2v) is 8.46. The Morgan fingerprint density at radius 3 is 2.79 bits per heavy atom. The van der Waals surface area contributed by atoms with Gasteiger partial charge in [0, 0.05) is 23.4 Å². The molecule has 0 saturated heterocycles. The van der Waals surface area contributed by atoms with Crippen molar-refractivity contribution in [3.8, 4) is 0 Å². The number of hydrogen-bond acceptors (Lipinski definition) is 5. The minimum atomic E-state index is -0.455. The lowest BCUT2D eigenvalue weighted by molar-refractivity contribution is 0.0736. The monoisotopic (exact) mass is 415 g/mol. The lowest BCUT2D eigenvalue weighted by atomic mass is 10.0. The molecular weight excluding hydrogens is 386 g/mol. The Morgan fingerprint density at radius 2 is 2.07 bits per heavy atom. The Labute approximate surface area is 176 Å². The number of benzene rings is 1. The molecule has 0 radical (unpaired) electrons. The Morgan fingerprint density at radius 1 is 1.28 bits per heavy atom. The minimum Gasteiger partial charge on any atom is -0.449 e. The summed E-state index contributed by atoms with van der Waals surface area (Å²) in [5.74, 6) is 0.430. The van der Waals surface area contributed by atoms with E-state index < -0.39 is 6.09 Å². The molecule has 1 atom stereocenters. The molecule has 1 aliphatic heterocycles. The molecule has 0 aliphatic carbocycles. The quantitative estimate of drug-likeness (QED) is 0.651. The van der Waals surface area contributed by atoms with Crippen molar-refractivity contribution in [2.24, 2.45) is 5.92 Å². The molecule has 0 saturated carbocycles. The van der Waals surface area contributed by atoms with Crippen LogP contribution in [0.2, 0.25) is 0 Å². The number of nitrogens with zero attached hydrogens (tertiary/aromatic N) is 2. The molecule has 0 bridgehead atoms. The smallest absolute Gasteiger partial charge is 0.413 e. The van der Waals surface area contributed by atoms with Crippen LogP contribution in [-0.2, 0) is 17.7 Å². The van der Waals surface area contributed by atoms with Gasteiger partial charge in [0.15, 0.2) is 5.13 Å². The lowest BCUT2D eigenvalue weighted by Crippen LogP contribution is -2.35. The van der Waals surface area contributed by atoms with Crippen molar-refractivity contribution in [2.75, 3.05) is 18.5 Å². The molecule has 7 heteroatoms. The van der Waals surface area contributed by atoms with E-state index in [-0.39, 0.29) is 5.91 Å². The zero-order valence-corrected chi connectivity index (χ0v) is 18.0. The van der Waals surface area contributed by atoms with Crippen LogP contribution in [0.15, 0.2) is 30.3 Å². The van der Waals surface area contributed by atoms with Gasteiger partial charge in [-0.2, -0.15) is 0 Å². The van der Waals surface area contributed by atoms with Crippen molar-refractivity contribution >= 4 is 28.5 Å². The number of amides is 2. The molecule has 2 amide bonds. The maximum Gasteiger partial charge on any atom is 0.413 e. The molecule has 2 aromatic rings. The van der Waals surface area contributed by atoms with E-state index in [1.165, 1.54) is 11.3 Å². The molecule has 156 valence electrons.